The van der Waals surface area contributed by atoms with Crippen molar-refractivity contribution < 1.29 is 14.3 Å². The fourth-order valence-corrected chi connectivity index (χ4v) is 3.26. The molecule has 6 heteroatoms. The molecule has 4 rings (SSSR count). The van der Waals surface area contributed by atoms with Gasteiger partial charge in [0.15, 0.2) is 0 Å². The second-order valence-electron chi connectivity index (χ2n) is 7.19. The van der Waals surface area contributed by atoms with Gasteiger partial charge in [0.05, 0.1) is 19.4 Å². The summed E-state index contributed by atoms with van der Waals surface area (Å²) in [5.41, 5.74) is 6.20. The van der Waals surface area contributed by atoms with Crippen molar-refractivity contribution in [1.82, 2.24) is 5.43 Å². The molecule has 3 aromatic carbocycles. The highest BCUT2D eigenvalue weighted by Gasteiger charge is 2.10. The van der Waals surface area contributed by atoms with Crippen LogP contribution in [0.1, 0.15) is 21.5 Å². The topological polar surface area (TPSA) is 63.2 Å². The average Bonchev–Trinajstić information content (AvgIpc) is 2.85. The van der Waals surface area contributed by atoms with Gasteiger partial charge in [-0.05, 0) is 47.5 Å². The molecule has 1 fully saturated rings. The summed E-state index contributed by atoms with van der Waals surface area (Å²) in [4.78, 5) is 14.6. The third kappa shape index (κ3) is 5.93. The maximum absolute atomic E-state index is 12.3. The number of rotatable bonds is 7. The number of hydrogen-bond acceptors (Lipinski definition) is 5. The third-order valence-corrected chi connectivity index (χ3v) is 5.01. The lowest BCUT2D eigenvalue weighted by Gasteiger charge is -2.28. The maximum Gasteiger partial charge on any atom is 0.271 e. The number of morpholine rings is 1. The van der Waals surface area contributed by atoms with E-state index in [1.165, 1.54) is 5.69 Å². The molecule has 0 saturated carbocycles. The van der Waals surface area contributed by atoms with Crippen LogP contribution in [0.3, 0.4) is 0 Å². The van der Waals surface area contributed by atoms with Crippen molar-refractivity contribution in [2.75, 3.05) is 31.2 Å². The quantitative estimate of drug-likeness (QED) is 0.470. The number of ether oxygens (including phenoxy) is 2. The summed E-state index contributed by atoms with van der Waals surface area (Å²) < 4.78 is 11.1. The van der Waals surface area contributed by atoms with Crippen molar-refractivity contribution in [1.29, 1.82) is 0 Å². The minimum atomic E-state index is -0.253. The van der Waals surface area contributed by atoms with Crippen molar-refractivity contribution in [3.8, 4) is 5.75 Å². The van der Waals surface area contributed by atoms with Gasteiger partial charge in [-0.3, -0.25) is 4.79 Å². The van der Waals surface area contributed by atoms with E-state index >= 15 is 0 Å². The predicted octanol–water partition coefficient (Wildman–Crippen LogP) is 3.87. The Bertz CT molecular complexity index is 996. The van der Waals surface area contributed by atoms with Gasteiger partial charge in [0.1, 0.15) is 12.4 Å². The van der Waals surface area contributed by atoms with Crippen LogP contribution in [0.15, 0.2) is 84.0 Å². The molecule has 0 aliphatic carbocycles. The molecule has 31 heavy (non-hydrogen) atoms. The van der Waals surface area contributed by atoms with Crippen LogP contribution in [0, 0.1) is 0 Å². The Hall–Kier alpha value is -3.64. The van der Waals surface area contributed by atoms with Gasteiger partial charge < -0.3 is 14.4 Å². The normalized spacial score (nSPS) is 13.9. The Morgan fingerprint density at radius 2 is 1.68 bits per heavy atom. The van der Waals surface area contributed by atoms with E-state index in [1.807, 2.05) is 54.6 Å². The number of benzene rings is 3. The smallest absolute Gasteiger partial charge is 0.271 e. The standard InChI is InChI=1S/C25H25N3O3/c29-25(22-10-6-21(7-11-22)19-31-24-4-2-1-3-5-24)27-26-18-20-8-12-23(13-9-20)28-14-16-30-17-15-28/h1-13,18H,14-17,19H2,(H,27,29)/b26-18-. The Morgan fingerprint density at radius 1 is 0.968 bits per heavy atom. The van der Waals surface area contributed by atoms with Crippen LogP contribution >= 0.6 is 0 Å². The number of carbonyl (C=O) groups excluding carboxylic acids is 1. The van der Waals surface area contributed by atoms with Crippen molar-refractivity contribution in [2.45, 2.75) is 6.61 Å². The number of anilines is 1. The molecule has 1 aliphatic heterocycles. The largest absolute Gasteiger partial charge is 0.489 e. The van der Waals surface area contributed by atoms with E-state index in [1.54, 1.807) is 18.3 Å². The molecular weight excluding hydrogens is 390 g/mol. The first-order valence-corrected chi connectivity index (χ1v) is 10.3. The molecule has 0 spiro atoms. The minimum absolute atomic E-state index is 0.253. The number of nitrogens with zero attached hydrogens (tertiary/aromatic N) is 2. The lowest BCUT2D eigenvalue weighted by Crippen LogP contribution is -2.36. The van der Waals surface area contributed by atoms with E-state index in [9.17, 15) is 4.79 Å². The second-order valence-corrected chi connectivity index (χ2v) is 7.19. The summed E-state index contributed by atoms with van der Waals surface area (Å²) in [6, 6.07) is 25.0. The highest BCUT2D eigenvalue weighted by atomic mass is 16.5. The Kier molecular flexibility index (Phi) is 6.92. The molecule has 1 N–H and O–H groups in total. The number of nitrogens with one attached hydrogen (secondary N) is 1. The summed E-state index contributed by atoms with van der Waals surface area (Å²) >= 11 is 0. The van der Waals surface area contributed by atoms with Gasteiger partial charge in [0.25, 0.3) is 5.91 Å². The van der Waals surface area contributed by atoms with Crippen LogP contribution in [0.5, 0.6) is 5.75 Å². The van der Waals surface area contributed by atoms with Gasteiger partial charge in [-0.1, -0.05) is 42.5 Å². The Balaban J connectivity index is 1.26. The number of hydrazone groups is 1. The molecule has 0 aromatic heterocycles. The zero-order chi connectivity index (χ0) is 21.3. The van der Waals surface area contributed by atoms with E-state index in [0.29, 0.717) is 12.2 Å². The van der Waals surface area contributed by atoms with Crippen LogP contribution in [0.25, 0.3) is 0 Å². The number of hydrogen-bond donors (Lipinski definition) is 1. The molecular formula is C25H25N3O3. The summed E-state index contributed by atoms with van der Waals surface area (Å²) in [7, 11) is 0. The molecule has 0 bridgehead atoms. The molecule has 0 radical (unpaired) electrons. The van der Waals surface area contributed by atoms with E-state index in [2.05, 4.69) is 27.6 Å². The highest BCUT2D eigenvalue weighted by molar-refractivity contribution is 5.94. The molecule has 1 amide bonds. The molecule has 3 aromatic rings. The first-order chi connectivity index (χ1) is 15.3. The third-order valence-electron chi connectivity index (χ3n) is 5.01. The van der Waals surface area contributed by atoms with Crippen molar-refractivity contribution in [3.05, 3.63) is 95.6 Å². The van der Waals surface area contributed by atoms with E-state index in [-0.39, 0.29) is 5.91 Å². The van der Waals surface area contributed by atoms with E-state index in [4.69, 9.17) is 9.47 Å². The van der Waals surface area contributed by atoms with E-state index in [0.717, 1.165) is 43.2 Å². The Morgan fingerprint density at radius 3 is 2.39 bits per heavy atom. The molecule has 0 unspecified atom stereocenters. The fourth-order valence-electron chi connectivity index (χ4n) is 3.26. The zero-order valence-electron chi connectivity index (χ0n) is 17.2. The van der Waals surface area contributed by atoms with Crippen molar-refractivity contribution in [3.63, 3.8) is 0 Å². The minimum Gasteiger partial charge on any atom is -0.489 e. The SMILES string of the molecule is O=C(N/N=C\c1ccc(N2CCOCC2)cc1)c1ccc(COc2ccccc2)cc1. The van der Waals surface area contributed by atoms with Crippen LogP contribution in [0.4, 0.5) is 5.69 Å². The van der Waals surface area contributed by atoms with Crippen LogP contribution in [-0.4, -0.2) is 38.4 Å². The molecule has 6 nitrogen and oxygen atoms in total. The summed E-state index contributed by atoms with van der Waals surface area (Å²) in [6.07, 6.45) is 1.64. The van der Waals surface area contributed by atoms with Crippen LogP contribution in [0.2, 0.25) is 0 Å². The van der Waals surface area contributed by atoms with E-state index < -0.39 is 0 Å². The fraction of sp³-hybridized carbons (Fsp3) is 0.200. The number of amides is 1. The molecule has 1 saturated heterocycles. The van der Waals surface area contributed by atoms with Crippen LogP contribution < -0.4 is 15.1 Å². The van der Waals surface area contributed by atoms with Gasteiger partial charge in [0.2, 0.25) is 0 Å². The van der Waals surface area contributed by atoms with Gasteiger partial charge >= 0.3 is 0 Å². The predicted molar refractivity (Wildman–Crippen MR) is 122 cm³/mol. The zero-order valence-corrected chi connectivity index (χ0v) is 17.2. The van der Waals surface area contributed by atoms with Crippen molar-refractivity contribution in [2.24, 2.45) is 5.10 Å². The number of carbonyl (C=O) groups is 1. The monoisotopic (exact) mass is 415 g/mol. The number of para-hydroxylation sites is 1. The Labute approximate surface area is 182 Å². The van der Waals surface area contributed by atoms with Gasteiger partial charge in [0, 0.05) is 24.3 Å². The molecule has 158 valence electrons. The molecule has 1 heterocycles. The summed E-state index contributed by atoms with van der Waals surface area (Å²) in [5, 5.41) is 4.08. The second kappa shape index (κ2) is 10.4. The summed E-state index contributed by atoms with van der Waals surface area (Å²) in [6.45, 7) is 3.78. The molecule has 0 atom stereocenters. The van der Waals surface area contributed by atoms with Crippen LogP contribution in [-0.2, 0) is 11.3 Å². The van der Waals surface area contributed by atoms with Crippen molar-refractivity contribution >= 4 is 17.8 Å². The molecule has 1 aliphatic rings. The lowest BCUT2D eigenvalue weighted by atomic mass is 10.1. The maximum atomic E-state index is 12.3. The van der Waals surface area contributed by atoms with Gasteiger partial charge in [-0.15, -0.1) is 0 Å². The lowest BCUT2D eigenvalue weighted by molar-refractivity contribution is 0.0955. The first-order valence-electron chi connectivity index (χ1n) is 10.3. The van der Waals surface area contributed by atoms with Gasteiger partial charge in [-0.2, -0.15) is 5.10 Å². The average molecular weight is 415 g/mol. The highest BCUT2D eigenvalue weighted by Crippen LogP contribution is 2.16. The summed E-state index contributed by atoms with van der Waals surface area (Å²) in [5.74, 6) is 0.563. The first kappa shape index (κ1) is 20.6. The van der Waals surface area contributed by atoms with Gasteiger partial charge in [-0.25, -0.2) is 5.43 Å².